The molecule has 0 unspecified atom stereocenters. The van der Waals surface area contributed by atoms with Gasteiger partial charge in [0.15, 0.2) is 0 Å². The molecule has 2 aromatic carbocycles. The van der Waals surface area contributed by atoms with Gasteiger partial charge in [0.05, 0.1) is 28.2 Å². The molecule has 1 atom stereocenters. The first kappa shape index (κ1) is 23.7. The number of imide groups is 1. The smallest absolute Gasteiger partial charge is 0.285 e. The van der Waals surface area contributed by atoms with E-state index >= 15 is 0 Å². The van der Waals surface area contributed by atoms with Crippen LogP contribution < -0.4 is 5.32 Å². The minimum absolute atomic E-state index is 0.0911. The summed E-state index contributed by atoms with van der Waals surface area (Å²) >= 11 is 3.32. The molecular formula is C25H23BrN4O4. The van der Waals surface area contributed by atoms with Gasteiger partial charge in [0, 0.05) is 6.20 Å². The van der Waals surface area contributed by atoms with Crippen LogP contribution in [0, 0.1) is 20.8 Å². The van der Waals surface area contributed by atoms with Crippen LogP contribution in [0.3, 0.4) is 0 Å². The van der Waals surface area contributed by atoms with Gasteiger partial charge in [0.1, 0.15) is 11.5 Å². The second-order valence-corrected chi connectivity index (χ2v) is 9.02. The van der Waals surface area contributed by atoms with Crippen molar-refractivity contribution >= 4 is 33.7 Å². The molecule has 1 aliphatic heterocycles. The number of hydroxylamine groups is 2. The van der Waals surface area contributed by atoms with Crippen molar-refractivity contribution in [1.82, 2.24) is 20.3 Å². The van der Waals surface area contributed by atoms with Gasteiger partial charge in [0.2, 0.25) is 0 Å². The van der Waals surface area contributed by atoms with Crippen molar-refractivity contribution in [2.24, 2.45) is 0 Å². The molecule has 0 saturated carbocycles. The fourth-order valence-electron chi connectivity index (χ4n) is 3.81. The van der Waals surface area contributed by atoms with E-state index in [0.29, 0.717) is 27.8 Å². The zero-order valence-electron chi connectivity index (χ0n) is 19.0. The van der Waals surface area contributed by atoms with Crippen LogP contribution in [-0.2, 0) is 11.3 Å². The molecular weight excluding hydrogens is 500 g/mol. The summed E-state index contributed by atoms with van der Waals surface area (Å²) in [7, 11) is 0. The van der Waals surface area contributed by atoms with E-state index in [1.807, 2.05) is 26.0 Å². The molecule has 34 heavy (non-hydrogen) atoms. The third kappa shape index (κ3) is 4.90. The normalized spacial score (nSPS) is 13.7. The van der Waals surface area contributed by atoms with Crippen LogP contribution in [0.15, 0.2) is 53.1 Å². The minimum Gasteiger partial charge on any atom is -0.345 e. The summed E-state index contributed by atoms with van der Waals surface area (Å²) in [6, 6.07) is 12.1. The van der Waals surface area contributed by atoms with Gasteiger partial charge in [-0.3, -0.25) is 19.2 Å². The number of nitrogens with zero attached hydrogens (tertiary/aromatic N) is 3. The van der Waals surface area contributed by atoms with E-state index in [0.717, 1.165) is 21.8 Å². The molecule has 1 aliphatic rings. The number of halogens is 1. The molecule has 1 aromatic heterocycles. The molecule has 0 fully saturated rings. The molecule has 1 N–H and O–H groups in total. The second-order valence-electron chi connectivity index (χ2n) is 8.16. The summed E-state index contributed by atoms with van der Waals surface area (Å²) in [6.45, 7) is 5.61. The molecule has 0 radical (unpaired) electrons. The van der Waals surface area contributed by atoms with Crippen molar-refractivity contribution in [3.05, 3.63) is 92.5 Å². The standard InChI is InChI=1S/C25H23BrN4O4/c1-14-8-9-17(15(2)10-14)11-18(29-23(31)22-21(26)12-27-16(3)28-22)13-34-30-24(32)19-6-4-5-7-20(19)25(30)33/h4-10,12,18H,11,13H2,1-3H3,(H,29,31)/t18-/m1/s1. The lowest BCUT2D eigenvalue weighted by Crippen LogP contribution is -2.43. The van der Waals surface area contributed by atoms with Crippen LogP contribution in [-0.4, -0.2) is 45.4 Å². The number of fused-ring (bicyclic) bond motifs is 1. The van der Waals surface area contributed by atoms with E-state index in [1.165, 1.54) is 6.20 Å². The van der Waals surface area contributed by atoms with Gasteiger partial charge in [0.25, 0.3) is 17.7 Å². The molecule has 0 spiro atoms. The Kier molecular flexibility index (Phi) is 6.85. The lowest BCUT2D eigenvalue weighted by atomic mass is 9.99. The quantitative estimate of drug-likeness (QED) is 0.474. The number of aromatic nitrogens is 2. The molecule has 9 heteroatoms. The molecule has 3 aromatic rings. The Labute approximate surface area is 205 Å². The minimum atomic E-state index is -0.541. The van der Waals surface area contributed by atoms with Gasteiger partial charge < -0.3 is 5.32 Å². The summed E-state index contributed by atoms with van der Waals surface area (Å²) in [6.07, 6.45) is 1.95. The van der Waals surface area contributed by atoms with Gasteiger partial charge in [-0.1, -0.05) is 35.9 Å². The summed E-state index contributed by atoms with van der Waals surface area (Å²) < 4.78 is 0.460. The highest BCUT2D eigenvalue weighted by Crippen LogP contribution is 2.23. The van der Waals surface area contributed by atoms with E-state index < -0.39 is 23.8 Å². The highest BCUT2D eigenvalue weighted by molar-refractivity contribution is 9.10. The van der Waals surface area contributed by atoms with E-state index in [9.17, 15) is 14.4 Å². The first-order valence-electron chi connectivity index (χ1n) is 10.7. The Morgan fingerprint density at radius 1 is 1.09 bits per heavy atom. The average Bonchev–Trinajstić information content (AvgIpc) is 3.05. The molecule has 0 saturated heterocycles. The Bertz CT molecular complexity index is 1260. The average molecular weight is 523 g/mol. The zero-order chi connectivity index (χ0) is 24.4. The Morgan fingerprint density at radius 2 is 1.76 bits per heavy atom. The maximum absolute atomic E-state index is 13.0. The third-order valence-electron chi connectivity index (χ3n) is 5.54. The fourth-order valence-corrected chi connectivity index (χ4v) is 4.18. The van der Waals surface area contributed by atoms with Crippen molar-refractivity contribution in [3.8, 4) is 0 Å². The predicted molar refractivity (Wildman–Crippen MR) is 128 cm³/mol. The van der Waals surface area contributed by atoms with Crippen LogP contribution >= 0.6 is 15.9 Å². The maximum atomic E-state index is 13.0. The molecule has 0 bridgehead atoms. The van der Waals surface area contributed by atoms with Gasteiger partial charge >= 0.3 is 0 Å². The monoisotopic (exact) mass is 522 g/mol. The molecule has 174 valence electrons. The van der Waals surface area contributed by atoms with E-state index in [-0.39, 0.29) is 12.3 Å². The molecule has 3 amide bonds. The largest absolute Gasteiger partial charge is 0.345 e. The number of carbonyl (C=O) groups is 3. The van der Waals surface area contributed by atoms with Gasteiger partial charge in [-0.2, -0.15) is 0 Å². The van der Waals surface area contributed by atoms with Crippen LogP contribution in [0.1, 0.15) is 53.7 Å². The lowest BCUT2D eigenvalue weighted by molar-refractivity contribution is -0.0969. The maximum Gasteiger partial charge on any atom is 0.285 e. The highest BCUT2D eigenvalue weighted by Gasteiger charge is 2.37. The number of hydrogen-bond donors (Lipinski definition) is 1. The zero-order valence-corrected chi connectivity index (χ0v) is 20.5. The van der Waals surface area contributed by atoms with Crippen LogP contribution in [0.5, 0.6) is 0 Å². The number of benzene rings is 2. The summed E-state index contributed by atoms with van der Waals surface area (Å²) in [5.41, 5.74) is 3.99. The van der Waals surface area contributed by atoms with E-state index in [2.05, 4.69) is 37.3 Å². The van der Waals surface area contributed by atoms with Crippen molar-refractivity contribution in [3.63, 3.8) is 0 Å². The van der Waals surface area contributed by atoms with E-state index in [4.69, 9.17) is 4.84 Å². The van der Waals surface area contributed by atoms with Crippen molar-refractivity contribution in [2.75, 3.05) is 6.61 Å². The summed E-state index contributed by atoms with van der Waals surface area (Å²) in [5, 5.41) is 3.69. The number of hydrogen-bond acceptors (Lipinski definition) is 6. The first-order valence-corrected chi connectivity index (χ1v) is 11.5. The number of rotatable bonds is 7. The topological polar surface area (TPSA) is 101 Å². The van der Waals surface area contributed by atoms with Crippen molar-refractivity contribution in [1.29, 1.82) is 0 Å². The van der Waals surface area contributed by atoms with Crippen LogP contribution in [0.4, 0.5) is 0 Å². The Balaban J connectivity index is 1.55. The highest BCUT2D eigenvalue weighted by atomic mass is 79.9. The Hall–Kier alpha value is -3.43. The lowest BCUT2D eigenvalue weighted by Gasteiger charge is -2.22. The Morgan fingerprint density at radius 3 is 2.41 bits per heavy atom. The van der Waals surface area contributed by atoms with E-state index in [1.54, 1.807) is 31.2 Å². The van der Waals surface area contributed by atoms with Crippen LogP contribution in [0.25, 0.3) is 0 Å². The van der Waals surface area contributed by atoms with Gasteiger partial charge in [-0.25, -0.2) is 9.97 Å². The molecule has 8 nitrogen and oxygen atoms in total. The SMILES string of the molecule is Cc1ccc(C[C@H](CON2C(=O)c3ccccc3C2=O)NC(=O)c2nc(C)ncc2Br)c(C)c1. The number of amides is 3. The van der Waals surface area contributed by atoms with Gasteiger partial charge in [-0.15, -0.1) is 5.06 Å². The number of carbonyl (C=O) groups excluding carboxylic acids is 3. The molecule has 2 heterocycles. The van der Waals surface area contributed by atoms with Crippen LogP contribution in [0.2, 0.25) is 0 Å². The third-order valence-corrected chi connectivity index (χ3v) is 6.12. The summed E-state index contributed by atoms with van der Waals surface area (Å²) in [4.78, 5) is 52.3. The number of aryl methyl sites for hydroxylation is 3. The second kappa shape index (κ2) is 9.82. The first-order chi connectivity index (χ1) is 16.2. The fraction of sp³-hybridized carbons (Fsp3) is 0.240. The predicted octanol–water partition coefficient (Wildman–Crippen LogP) is 3.73. The van der Waals surface area contributed by atoms with Gasteiger partial charge in [-0.05, 0) is 66.4 Å². The number of nitrogens with one attached hydrogen (secondary N) is 1. The molecule has 0 aliphatic carbocycles. The van der Waals surface area contributed by atoms with Crippen molar-refractivity contribution in [2.45, 2.75) is 33.2 Å². The van der Waals surface area contributed by atoms with Crippen molar-refractivity contribution < 1.29 is 19.2 Å². The summed E-state index contributed by atoms with van der Waals surface area (Å²) in [5.74, 6) is -1.00. The molecule has 4 rings (SSSR count).